The number of fused-ring (bicyclic) bond motifs is 1. The Morgan fingerprint density at radius 3 is 3.00 bits per heavy atom. The molecule has 2 bridgehead atoms. The molecule has 0 radical (unpaired) electrons. The van der Waals surface area contributed by atoms with Crippen molar-refractivity contribution in [2.75, 3.05) is 7.11 Å². The van der Waals surface area contributed by atoms with E-state index in [0.29, 0.717) is 11.8 Å². The zero-order chi connectivity index (χ0) is 10.6. The predicted octanol–water partition coefficient (Wildman–Crippen LogP) is 0.945. The predicted molar refractivity (Wildman–Crippen MR) is 50.9 cm³/mol. The van der Waals surface area contributed by atoms with Gasteiger partial charge in [-0.3, -0.25) is 4.79 Å². The molecule has 4 heteroatoms. The zero-order valence-corrected chi connectivity index (χ0v) is 9.01. The number of hydrogen-bond donors (Lipinski definition) is 0. The fourth-order valence-electron chi connectivity index (χ4n) is 3.37. The molecule has 0 amide bonds. The minimum Gasteiger partial charge on any atom is -0.459 e. The molecular formula is C11H16O4. The van der Waals surface area contributed by atoms with Crippen molar-refractivity contribution in [3.63, 3.8) is 0 Å². The first-order valence-corrected chi connectivity index (χ1v) is 5.59. The molecule has 0 aromatic rings. The minimum atomic E-state index is -0.216. The molecule has 84 valence electrons. The molecule has 0 spiro atoms. The van der Waals surface area contributed by atoms with Gasteiger partial charge < -0.3 is 14.2 Å². The van der Waals surface area contributed by atoms with Gasteiger partial charge in [-0.05, 0) is 25.7 Å². The summed E-state index contributed by atoms with van der Waals surface area (Å²) in [6.45, 7) is 1.88. The maximum atomic E-state index is 11.5. The van der Waals surface area contributed by atoms with Gasteiger partial charge >= 0.3 is 5.97 Å². The highest BCUT2D eigenvalue weighted by Gasteiger charge is 2.62. The summed E-state index contributed by atoms with van der Waals surface area (Å²) in [6, 6.07) is 0. The van der Waals surface area contributed by atoms with E-state index in [-0.39, 0.29) is 30.4 Å². The molecule has 6 atom stereocenters. The number of hydrogen-bond acceptors (Lipinski definition) is 4. The van der Waals surface area contributed by atoms with Crippen LogP contribution in [0.25, 0.3) is 0 Å². The van der Waals surface area contributed by atoms with Crippen molar-refractivity contribution < 1.29 is 19.0 Å². The van der Waals surface area contributed by atoms with Crippen LogP contribution in [0.4, 0.5) is 0 Å². The van der Waals surface area contributed by atoms with E-state index in [0.717, 1.165) is 12.8 Å². The van der Waals surface area contributed by atoms with Gasteiger partial charge in [-0.15, -0.1) is 0 Å². The third-order valence-electron chi connectivity index (χ3n) is 4.09. The van der Waals surface area contributed by atoms with E-state index in [1.807, 2.05) is 6.92 Å². The largest absolute Gasteiger partial charge is 0.459 e. The standard InChI is InChI=1S/C11H16O4/c1-5(13-2)14-9-6-3-7-8(4-6)11(12)15-10(7)9/h5-10H,3-4H2,1-2H3. The van der Waals surface area contributed by atoms with Gasteiger partial charge in [-0.2, -0.15) is 0 Å². The Labute approximate surface area is 88.9 Å². The van der Waals surface area contributed by atoms with Crippen LogP contribution in [0, 0.1) is 17.8 Å². The fourth-order valence-corrected chi connectivity index (χ4v) is 3.37. The molecule has 1 aliphatic heterocycles. The Balaban J connectivity index is 1.75. The topological polar surface area (TPSA) is 44.8 Å². The first-order valence-electron chi connectivity index (χ1n) is 5.59. The third-order valence-corrected chi connectivity index (χ3v) is 4.09. The maximum Gasteiger partial charge on any atom is 0.309 e. The first kappa shape index (κ1) is 9.60. The van der Waals surface area contributed by atoms with E-state index in [1.54, 1.807) is 7.11 Å². The maximum absolute atomic E-state index is 11.5. The van der Waals surface area contributed by atoms with Crippen molar-refractivity contribution in [2.45, 2.75) is 38.3 Å². The van der Waals surface area contributed by atoms with Crippen molar-refractivity contribution in [2.24, 2.45) is 17.8 Å². The van der Waals surface area contributed by atoms with E-state index in [9.17, 15) is 4.79 Å². The molecule has 0 aromatic heterocycles. The van der Waals surface area contributed by atoms with Crippen LogP contribution in [0.5, 0.6) is 0 Å². The summed E-state index contributed by atoms with van der Waals surface area (Å²) in [5, 5.41) is 0. The van der Waals surface area contributed by atoms with Crippen LogP contribution in [0.1, 0.15) is 19.8 Å². The lowest BCUT2D eigenvalue weighted by Gasteiger charge is -2.27. The van der Waals surface area contributed by atoms with Gasteiger partial charge in [0.25, 0.3) is 0 Å². The van der Waals surface area contributed by atoms with Gasteiger partial charge in [0.05, 0.1) is 5.92 Å². The monoisotopic (exact) mass is 212 g/mol. The fraction of sp³-hybridized carbons (Fsp3) is 0.909. The second-order valence-electron chi connectivity index (χ2n) is 4.81. The lowest BCUT2D eigenvalue weighted by atomic mass is 9.88. The van der Waals surface area contributed by atoms with Crippen molar-refractivity contribution in [3.8, 4) is 0 Å². The van der Waals surface area contributed by atoms with E-state index >= 15 is 0 Å². The van der Waals surface area contributed by atoms with Crippen molar-refractivity contribution in [1.29, 1.82) is 0 Å². The molecule has 1 heterocycles. The third kappa shape index (κ3) is 1.24. The molecule has 3 fully saturated rings. The van der Waals surface area contributed by atoms with E-state index in [2.05, 4.69) is 0 Å². The Morgan fingerprint density at radius 2 is 2.27 bits per heavy atom. The highest BCUT2D eigenvalue weighted by atomic mass is 16.7. The SMILES string of the molecule is COC(C)OC1C2CC3C(=O)OC1C3C2. The molecule has 0 aromatic carbocycles. The van der Waals surface area contributed by atoms with Crippen molar-refractivity contribution in [1.82, 2.24) is 0 Å². The minimum absolute atomic E-state index is 0.00106. The molecule has 0 N–H and O–H groups in total. The molecule has 1 saturated heterocycles. The number of carbonyl (C=O) groups excluding carboxylic acids is 1. The van der Waals surface area contributed by atoms with Gasteiger partial charge in [0, 0.05) is 13.0 Å². The first-order chi connectivity index (χ1) is 7.20. The second kappa shape index (κ2) is 3.19. The lowest BCUT2D eigenvalue weighted by Crippen LogP contribution is -2.37. The normalized spacial score (nSPS) is 48.4. The Bertz CT molecular complexity index is 290. The highest BCUT2D eigenvalue weighted by Crippen LogP contribution is 2.55. The second-order valence-corrected chi connectivity index (χ2v) is 4.81. The van der Waals surface area contributed by atoms with Crippen LogP contribution < -0.4 is 0 Å². The van der Waals surface area contributed by atoms with Crippen LogP contribution in [-0.2, 0) is 19.0 Å². The summed E-state index contributed by atoms with van der Waals surface area (Å²) in [6.07, 6.45) is 1.88. The van der Waals surface area contributed by atoms with E-state index in [4.69, 9.17) is 14.2 Å². The quantitative estimate of drug-likeness (QED) is 0.516. The van der Waals surface area contributed by atoms with Crippen molar-refractivity contribution in [3.05, 3.63) is 0 Å². The average Bonchev–Trinajstić information content (AvgIpc) is 2.81. The Morgan fingerprint density at radius 1 is 1.47 bits per heavy atom. The van der Waals surface area contributed by atoms with Gasteiger partial charge in [0.1, 0.15) is 12.2 Å². The van der Waals surface area contributed by atoms with E-state index < -0.39 is 0 Å². The zero-order valence-electron chi connectivity index (χ0n) is 9.01. The van der Waals surface area contributed by atoms with Crippen molar-refractivity contribution >= 4 is 5.97 Å². The Kier molecular flexibility index (Phi) is 2.04. The molecule has 15 heavy (non-hydrogen) atoms. The Hall–Kier alpha value is -0.610. The highest BCUT2D eigenvalue weighted by molar-refractivity contribution is 5.76. The molecule has 2 saturated carbocycles. The molecule has 2 aliphatic carbocycles. The van der Waals surface area contributed by atoms with Crippen LogP contribution in [0.15, 0.2) is 0 Å². The summed E-state index contributed by atoms with van der Waals surface area (Å²) in [4.78, 5) is 11.5. The molecular weight excluding hydrogens is 196 g/mol. The van der Waals surface area contributed by atoms with Gasteiger partial charge in [-0.25, -0.2) is 0 Å². The summed E-state index contributed by atoms with van der Waals surface area (Å²) in [5.41, 5.74) is 0. The molecule has 3 aliphatic rings. The molecule has 3 rings (SSSR count). The van der Waals surface area contributed by atoms with Gasteiger partial charge in [-0.1, -0.05) is 0 Å². The number of methoxy groups -OCH3 is 1. The average molecular weight is 212 g/mol. The number of carbonyl (C=O) groups is 1. The number of rotatable bonds is 3. The van der Waals surface area contributed by atoms with Crippen LogP contribution >= 0.6 is 0 Å². The lowest BCUT2D eigenvalue weighted by molar-refractivity contribution is -0.182. The smallest absolute Gasteiger partial charge is 0.309 e. The van der Waals surface area contributed by atoms with Crippen LogP contribution in [0.2, 0.25) is 0 Å². The number of esters is 1. The van der Waals surface area contributed by atoms with Gasteiger partial charge in [0.15, 0.2) is 6.29 Å². The van der Waals surface area contributed by atoms with Crippen LogP contribution in [0.3, 0.4) is 0 Å². The van der Waals surface area contributed by atoms with Gasteiger partial charge in [0.2, 0.25) is 0 Å². The molecule has 6 unspecified atom stereocenters. The summed E-state index contributed by atoms with van der Waals surface area (Å²) >= 11 is 0. The van der Waals surface area contributed by atoms with Crippen LogP contribution in [-0.4, -0.2) is 31.6 Å². The number of ether oxygens (including phenoxy) is 3. The summed E-state index contributed by atoms with van der Waals surface area (Å²) in [5.74, 6) is 1.06. The summed E-state index contributed by atoms with van der Waals surface area (Å²) in [7, 11) is 1.63. The molecule has 4 nitrogen and oxygen atoms in total. The summed E-state index contributed by atoms with van der Waals surface area (Å²) < 4.78 is 16.2. The van der Waals surface area contributed by atoms with E-state index in [1.165, 1.54) is 0 Å².